The molecule has 1 atom stereocenters. The standard InChI is InChI=1S/C42H44ClN9O5/c43-34-18-30(2-1-28(34)19-44)49-15-11-27(12-16-49)38(54)46-36-7-4-31(20-45-36)50-13-9-26(10-14-50)21-48-22-42(23-48)24-51(25-42)29-3-5-32-33(17-29)41(57)52(40(32)56)35-6-8-37(53)47-39(35)55/h1-5,7,17-18,20,26-27,35H,6,8-16,21-25H2,(H,45,46,54)(H,47,53,55). The Balaban J connectivity index is 0.693. The minimum absolute atomic E-state index is 0.00606. The van der Waals surface area contributed by atoms with E-state index in [1.807, 2.05) is 36.5 Å². The third-order valence-electron chi connectivity index (χ3n) is 12.8. The molecule has 7 heterocycles. The second kappa shape index (κ2) is 14.8. The van der Waals surface area contributed by atoms with Gasteiger partial charge in [-0.2, -0.15) is 5.26 Å². The maximum absolute atomic E-state index is 13.3. The molecule has 14 nitrogen and oxygen atoms in total. The molecule has 5 saturated heterocycles. The first-order chi connectivity index (χ1) is 27.6. The van der Waals surface area contributed by atoms with Crippen LogP contribution >= 0.6 is 11.6 Å². The number of likely N-dealkylation sites (tertiary alicyclic amines) is 1. The highest BCUT2D eigenvalue weighted by Crippen LogP contribution is 2.43. The van der Waals surface area contributed by atoms with Crippen molar-refractivity contribution in [3.63, 3.8) is 0 Å². The molecule has 2 aromatic carbocycles. The Hall–Kier alpha value is -5.52. The van der Waals surface area contributed by atoms with E-state index < -0.39 is 23.8 Å². The average Bonchev–Trinajstić information content (AvgIpc) is 3.43. The topological polar surface area (TPSA) is 162 Å². The normalized spacial score (nSPS) is 22.6. The van der Waals surface area contributed by atoms with E-state index in [0.717, 1.165) is 107 Å². The van der Waals surface area contributed by atoms with Crippen molar-refractivity contribution < 1.29 is 24.0 Å². The van der Waals surface area contributed by atoms with Crippen LogP contribution in [0.2, 0.25) is 5.02 Å². The van der Waals surface area contributed by atoms with Crippen molar-refractivity contribution in [1.29, 1.82) is 5.26 Å². The molecule has 6 aliphatic heterocycles. The number of nitrogens with one attached hydrogen (secondary N) is 2. The second-order valence-electron chi connectivity index (χ2n) is 16.6. The number of piperidine rings is 3. The number of anilines is 4. The summed E-state index contributed by atoms with van der Waals surface area (Å²) in [5.74, 6) is -0.843. The molecule has 1 unspecified atom stereocenters. The molecule has 5 amide bonds. The van der Waals surface area contributed by atoms with Crippen molar-refractivity contribution in [1.82, 2.24) is 20.1 Å². The number of aromatic nitrogens is 1. The van der Waals surface area contributed by atoms with Crippen LogP contribution in [-0.2, 0) is 14.4 Å². The number of amides is 5. The van der Waals surface area contributed by atoms with E-state index in [1.165, 1.54) is 0 Å². The number of hydrogen-bond donors (Lipinski definition) is 2. The van der Waals surface area contributed by atoms with E-state index in [9.17, 15) is 24.0 Å². The molecule has 2 N–H and O–H groups in total. The zero-order valence-electron chi connectivity index (χ0n) is 31.6. The monoisotopic (exact) mass is 789 g/mol. The molecule has 3 aromatic rings. The van der Waals surface area contributed by atoms with Gasteiger partial charge in [-0.05, 0) is 86.6 Å². The van der Waals surface area contributed by atoms with Gasteiger partial charge in [0.25, 0.3) is 11.8 Å². The number of nitriles is 1. The van der Waals surface area contributed by atoms with Crippen molar-refractivity contribution in [2.45, 2.75) is 44.6 Å². The number of fused-ring (bicyclic) bond motifs is 1. The van der Waals surface area contributed by atoms with Gasteiger partial charge >= 0.3 is 0 Å². The van der Waals surface area contributed by atoms with Crippen molar-refractivity contribution >= 4 is 64.0 Å². The number of pyridine rings is 1. The Bertz CT molecular complexity index is 2180. The third-order valence-corrected chi connectivity index (χ3v) is 13.1. The Kier molecular flexibility index (Phi) is 9.61. The van der Waals surface area contributed by atoms with E-state index in [-0.39, 0.29) is 36.0 Å². The van der Waals surface area contributed by atoms with Crippen LogP contribution in [0.5, 0.6) is 0 Å². The smallest absolute Gasteiger partial charge is 0.262 e. The van der Waals surface area contributed by atoms with Crippen molar-refractivity contribution in [3.05, 3.63) is 76.4 Å². The zero-order valence-corrected chi connectivity index (χ0v) is 32.3. The van der Waals surface area contributed by atoms with Crippen LogP contribution in [0.15, 0.2) is 54.7 Å². The molecule has 0 aliphatic carbocycles. The van der Waals surface area contributed by atoms with Gasteiger partial charge in [0.05, 0.1) is 33.6 Å². The number of benzene rings is 2. The Labute approximate surface area is 335 Å². The number of carbonyl (C=O) groups excluding carboxylic acids is 5. The first-order valence-electron chi connectivity index (χ1n) is 19.9. The molecule has 0 bridgehead atoms. The van der Waals surface area contributed by atoms with Gasteiger partial charge in [0.1, 0.15) is 17.9 Å². The van der Waals surface area contributed by atoms with E-state index in [1.54, 1.807) is 18.2 Å². The molecule has 0 radical (unpaired) electrons. The maximum atomic E-state index is 13.3. The van der Waals surface area contributed by atoms with Crippen molar-refractivity contribution in [2.75, 3.05) is 78.9 Å². The Morgan fingerprint density at radius 2 is 1.49 bits per heavy atom. The van der Waals surface area contributed by atoms with Crippen LogP contribution < -0.4 is 25.3 Å². The zero-order chi connectivity index (χ0) is 39.4. The molecule has 294 valence electrons. The highest BCUT2D eigenvalue weighted by molar-refractivity contribution is 6.32. The molecule has 6 aliphatic rings. The summed E-state index contributed by atoms with van der Waals surface area (Å²) in [7, 11) is 0. The largest absolute Gasteiger partial charge is 0.371 e. The summed E-state index contributed by atoms with van der Waals surface area (Å²) < 4.78 is 0. The van der Waals surface area contributed by atoms with Crippen LogP contribution in [0.1, 0.15) is 64.8 Å². The summed E-state index contributed by atoms with van der Waals surface area (Å²) >= 11 is 6.23. The van der Waals surface area contributed by atoms with Crippen LogP contribution in [0.25, 0.3) is 0 Å². The lowest BCUT2D eigenvalue weighted by molar-refractivity contribution is -0.136. The predicted octanol–water partition coefficient (Wildman–Crippen LogP) is 3.90. The SMILES string of the molecule is N#Cc1ccc(N2CCC(C(=O)Nc3ccc(N4CCC(CN5CC6(C5)CN(c5ccc7c(c5)C(=O)N(C5CCC(=O)NC5=O)C7=O)C6)CC4)cn3)CC2)cc1Cl. The number of imide groups is 2. The fourth-order valence-corrected chi connectivity index (χ4v) is 9.86. The van der Waals surface area contributed by atoms with E-state index >= 15 is 0 Å². The first kappa shape index (κ1) is 37.1. The van der Waals surface area contributed by atoms with E-state index in [0.29, 0.717) is 33.4 Å². The quantitative estimate of drug-likeness (QED) is 0.319. The predicted molar refractivity (Wildman–Crippen MR) is 213 cm³/mol. The highest BCUT2D eigenvalue weighted by Gasteiger charge is 2.52. The Morgan fingerprint density at radius 3 is 2.18 bits per heavy atom. The number of hydrogen-bond acceptors (Lipinski definition) is 11. The lowest BCUT2D eigenvalue weighted by Gasteiger charge is -2.61. The number of carbonyl (C=O) groups is 5. The molecule has 5 fully saturated rings. The summed E-state index contributed by atoms with van der Waals surface area (Å²) in [6.45, 7) is 8.40. The molecule has 57 heavy (non-hydrogen) atoms. The van der Waals surface area contributed by atoms with Crippen LogP contribution in [0, 0.1) is 28.6 Å². The van der Waals surface area contributed by atoms with Crippen molar-refractivity contribution in [3.8, 4) is 6.07 Å². The van der Waals surface area contributed by atoms with Gasteiger partial charge in [-0.1, -0.05) is 11.6 Å². The summed E-state index contributed by atoms with van der Waals surface area (Å²) in [6.07, 6.45) is 5.78. The minimum Gasteiger partial charge on any atom is -0.371 e. The van der Waals surface area contributed by atoms with Gasteiger partial charge in [-0.3, -0.25) is 34.2 Å². The third kappa shape index (κ3) is 7.08. The van der Waals surface area contributed by atoms with E-state index in [2.05, 4.69) is 41.3 Å². The van der Waals surface area contributed by atoms with Crippen LogP contribution in [0.4, 0.5) is 22.9 Å². The first-order valence-corrected chi connectivity index (χ1v) is 20.2. The fraction of sp³-hybridized carbons (Fsp3) is 0.452. The van der Waals surface area contributed by atoms with E-state index in [4.69, 9.17) is 16.9 Å². The molecule has 9 rings (SSSR count). The lowest BCUT2D eigenvalue weighted by Crippen LogP contribution is -2.72. The Morgan fingerprint density at radius 1 is 0.825 bits per heavy atom. The molecule has 1 aromatic heterocycles. The molecular weight excluding hydrogens is 746 g/mol. The molecule has 15 heteroatoms. The van der Waals surface area contributed by atoms with Gasteiger partial charge in [-0.25, -0.2) is 4.98 Å². The summed E-state index contributed by atoms with van der Waals surface area (Å²) in [5, 5.41) is 14.9. The average molecular weight is 790 g/mol. The summed E-state index contributed by atoms with van der Waals surface area (Å²) in [5.41, 5.74) is 4.27. The maximum Gasteiger partial charge on any atom is 0.262 e. The number of rotatable bonds is 8. The van der Waals surface area contributed by atoms with Gasteiger partial charge in [0.2, 0.25) is 17.7 Å². The van der Waals surface area contributed by atoms with Crippen LogP contribution in [0.3, 0.4) is 0 Å². The highest BCUT2D eigenvalue weighted by atomic mass is 35.5. The minimum atomic E-state index is -0.964. The number of halogens is 1. The molecular formula is C42H44ClN9O5. The van der Waals surface area contributed by atoms with Crippen molar-refractivity contribution in [2.24, 2.45) is 17.3 Å². The van der Waals surface area contributed by atoms with Gasteiger partial charge in [-0.15, -0.1) is 0 Å². The van der Waals surface area contributed by atoms with Gasteiger partial charge in [0.15, 0.2) is 0 Å². The number of nitrogens with zero attached hydrogens (tertiary/aromatic N) is 7. The van der Waals surface area contributed by atoms with Crippen LogP contribution in [-0.4, -0.2) is 109 Å². The van der Waals surface area contributed by atoms with Gasteiger partial charge < -0.3 is 24.9 Å². The second-order valence-corrected chi connectivity index (χ2v) is 17.0. The van der Waals surface area contributed by atoms with Gasteiger partial charge in [0, 0.05) is 88.0 Å². The molecule has 1 spiro atoms. The fourth-order valence-electron chi connectivity index (χ4n) is 9.64. The summed E-state index contributed by atoms with van der Waals surface area (Å²) in [4.78, 5) is 78.5. The molecule has 0 saturated carbocycles. The summed E-state index contributed by atoms with van der Waals surface area (Å²) in [6, 6.07) is 15.9. The lowest BCUT2D eigenvalue weighted by atomic mass is 9.72.